The van der Waals surface area contributed by atoms with Gasteiger partial charge in [0.05, 0.1) is 11.0 Å². The van der Waals surface area contributed by atoms with Crippen molar-refractivity contribution in [1.29, 1.82) is 0 Å². The molecule has 9 aromatic rings. The van der Waals surface area contributed by atoms with Crippen molar-refractivity contribution >= 4 is 61.1 Å². The Hall–Kier alpha value is -6.13. The SMILES string of the molecule is c1ccc(N(c2cccc(-c3ccc(-n4c5ccccc5c5ccccc54)cc3)c2)c2ccc3oc4ccccc4c3n2)cc1. The fourth-order valence-electron chi connectivity index (χ4n) is 6.52. The van der Waals surface area contributed by atoms with Gasteiger partial charge in [-0.25, -0.2) is 4.98 Å². The Morgan fingerprint density at radius 3 is 1.87 bits per heavy atom. The fourth-order valence-corrected chi connectivity index (χ4v) is 6.52. The Bertz CT molecular complexity index is 2440. The summed E-state index contributed by atoms with van der Waals surface area (Å²) in [7, 11) is 0. The van der Waals surface area contributed by atoms with Gasteiger partial charge in [0.1, 0.15) is 16.9 Å². The first-order chi connectivity index (χ1) is 22.3. The van der Waals surface area contributed by atoms with Crippen LogP contribution in [0.4, 0.5) is 17.2 Å². The van der Waals surface area contributed by atoms with Crippen molar-refractivity contribution in [2.24, 2.45) is 0 Å². The predicted octanol–water partition coefficient (Wildman–Crippen LogP) is 11.2. The summed E-state index contributed by atoms with van der Waals surface area (Å²) in [5, 5.41) is 3.54. The summed E-state index contributed by atoms with van der Waals surface area (Å²) < 4.78 is 8.43. The molecule has 3 heterocycles. The molecule has 0 radical (unpaired) electrons. The number of hydrogen-bond acceptors (Lipinski definition) is 3. The van der Waals surface area contributed by atoms with E-state index in [-0.39, 0.29) is 0 Å². The summed E-state index contributed by atoms with van der Waals surface area (Å²) in [6, 6.07) is 57.3. The molecule has 0 bridgehead atoms. The third-order valence-corrected chi connectivity index (χ3v) is 8.59. The lowest BCUT2D eigenvalue weighted by atomic mass is 10.0. The van der Waals surface area contributed by atoms with E-state index in [1.807, 2.05) is 36.4 Å². The van der Waals surface area contributed by atoms with Crippen LogP contribution in [0.1, 0.15) is 0 Å². The molecule has 3 aromatic heterocycles. The number of anilines is 3. The summed E-state index contributed by atoms with van der Waals surface area (Å²) in [6.45, 7) is 0. The molecule has 4 nitrogen and oxygen atoms in total. The van der Waals surface area contributed by atoms with E-state index in [9.17, 15) is 0 Å². The number of benzene rings is 6. The van der Waals surface area contributed by atoms with Crippen molar-refractivity contribution in [3.63, 3.8) is 0 Å². The van der Waals surface area contributed by atoms with E-state index in [4.69, 9.17) is 9.40 Å². The van der Waals surface area contributed by atoms with Crippen LogP contribution in [-0.2, 0) is 0 Å². The highest BCUT2D eigenvalue weighted by molar-refractivity contribution is 6.09. The van der Waals surface area contributed by atoms with Gasteiger partial charge in [-0.05, 0) is 83.9 Å². The summed E-state index contributed by atoms with van der Waals surface area (Å²) in [5.41, 5.74) is 10.4. The number of fused-ring (bicyclic) bond motifs is 6. The van der Waals surface area contributed by atoms with Crippen LogP contribution in [0.3, 0.4) is 0 Å². The largest absolute Gasteiger partial charge is 0.454 e. The van der Waals surface area contributed by atoms with E-state index in [1.165, 1.54) is 21.8 Å². The van der Waals surface area contributed by atoms with Crippen LogP contribution >= 0.6 is 0 Å². The second-order valence-electron chi connectivity index (χ2n) is 11.3. The Kier molecular flexibility index (Phi) is 5.78. The smallest absolute Gasteiger partial charge is 0.154 e. The van der Waals surface area contributed by atoms with Gasteiger partial charge in [-0.1, -0.05) is 91.0 Å². The summed E-state index contributed by atoms with van der Waals surface area (Å²) >= 11 is 0. The predicted molar refractivity (Wildman–Crippen MR) is 186 cm³/mol. The molecule has 45 heavy (non-hydrogen) atoms. The van der Waals surface area contributed by atoms with Crippen molar-refractivity contribution in [3.8, 4) is 16.8 Å². The summed E-state index contributed by atoms with van der Waals surface area (Å²) in [6.07, 6.45) is 0. The Balaban J connectivity index is 1.14. The van der Waals surface area contributed by atoms with Crippen LogP contribution < -0.4 is 4.90 Å². The van der Waals surface area contributed by atoms with Crippen LogP contribution in [0, 0.1) is 0 Å². The molecule has 212 valence electrons. The average molecular weight is 578 g/mol. The third kappa shape index (κ3) is 4.19. The molecule has 6 aromatic carbocycles. The number of pyridine rings is 1. The normalized spacial score (nSPS) is 11.6. The molecule has 0 unspecified atom stereocenters. The van der Waals surface area contributed by atoms with E-state index < -0.39 is 0 Å². The summed E-state index contributed by atoms with van der Waals surface area (Å²) in [5.74, 6) is 0.833. The Morgan fingerprint density at radius 2 is 1.11 bits per heavy atom. The maximum absolute atomic E-state index is 6.08. The Morgan fingerprint density at radius 1 is 0.467 bits per heavy atom. The minimum Gasteiger partial charge on any atom is -0.454 e. The number of aromatic nitrogens is 2. The minimum atomic E-state index is 0.782. The third-order valence-electron chi connectivity index (χ3n) is 8.59. The molecular formula is C41H27N3O. The minimum absolute atomic E-state index is 0.782. The quantitative estimate of drug-likeness (QED) is 0.204. The molecule has 0 N–H and O–H groups in total. The standard InChI is InChI=1S/C41H27N3O/c1-2-12-30(13-3-1)43(40-26-25-39-41(42-40)35-17-6-9-20-38(35)45-39)32-14-10-11-29(27-32)28-21-23-31(24-22-28)44-36-18-7-4-15-33(36)34-16-5-8-19-37(34)44/h1-27H. The van der Waals surface area contributed by atoms with Crippen molar-refractivity contribution in [1.82, 2.24) is 9.55 Å². The molecule has 9 rings (SSSR count). The molecule has 0 saturated carbocycles. The van der Waals surface area contributed by atoms with Gasteiger partial charge in [0.15, 0.2) is 5.58 Å². The Labute approximate surface area is 260 Å². The second kappa shape index (κ2) is 10.2. The van der Waals surface area contributed by atoms with Crippen molar-refractivity contribution in [3.05, 3.63) is 164 Å². The van der Waals surface area contributed by atoms with Gasteiger partial charge in [-0.15, -0.1) is 0 Å². The highest BCUT2D eigenvalue weighted by atomic mass is 16.3. The van der Waals surface area contributed by atoms with Crippen LogP contribution in [0.15, 0.2) is 168 Å². The van der Waals surface area contributed by atoms with Gasteiger partial charge in [0.25, 0.3) is 0 Å². The number of nitrogens with zero attached hydrogens (tertiary/aromatic N) is 3. The fraction of sp³-hybridized carbons (Fsp3) is 0. The lowest BCUT2D eigenvalue weighted by molar-refractivity contribution is 0.668. The zero-order valence-electron chi connectivity index (χ0n) is 24.3. The molecule has 0 aliphatic carbocycles. The van der Waals surface area contributed by atoms with Crippen molar-refractivity contribution < 1.29 is 4.42 Å². The van der Waals surface area contributed by atoms with Gasteiger partial charge >= 0.3 is 0 Å². The molecule has 0 spiro atoms. The highest BCUT2D eigenvalue weighted by Gasteiger charge is 2.17. The number of furan rings is 1. The zero-order valence-corrected chi connectivity index (χ0v) is 24.3. The first-order valence-corrected chi connectivity index (χ1v) is 15.1. The van der Waals surface area contributed by atoms with E-state index in [0.717, 1.165) is 56.1 Å². The van der Waals surface area contributed by atoms with Gasteiger partial charge in [-0.3, -0.25) is 4.90 Å². The molecule has 0 aliphatic rings. The summed E-state index contributed by atoms with van der Waals surface area (Å²) in [4.78, 5) is 7.34. The molecule has 0 aliphatic heterocycles. The second-order valence-corrected chi connectivity index (χ2v) is 11.3. The maximum Gasteiger partial charge on any atom is 0.154 e. The molecule has 0 amide bonds. The highest BCUT2D eigenvalue weighted by Crippen LogP contribution is 2.38. The number of para-hydroxylation sites is 4. The number of hydrogen-bond donors (Lipinski definition) is 0. The molecule has 0 atom stereocenters. The van der Waals surface area contributed by atoms with E-state index in [2.05, 4.69) is 137 Å². The first-order valence-electron chi connectivity index (χ1n) is 15.1. The van der Waals surface area contributed by atoms with Gasteiger partial charge < -0.3 is 8.98 Å². The van der Waals surface area contributed by atoms with Crippen LogP contribution in [0.25, 0.3) is 60.7 Å². The monoisotopic (exact) mass is 577 g/mol. The van der Waals surface area contributed by atoms with Crippen molar-refractivity contribution in [2.75, 3.05) is 4.90 Å². The van der Waals surface area contributed by atoms with E-state index in [1.54, 1.807) is 0 Å². The van der Waals surface area contributed by atoms with Crippen LogP contribution in [0.5, 0.6) is 0 Å². The maximum atomic E-state index is 6.08. The van der Waals surface area contributed by atoms with Gasteiger partial charge in [0.2, 0.25) is 0 Å². The lowest BCUT2D eigenvalue weighted by Crippen LogP contribution is -2.11. The van der Waals surface area contributed by atoms with E-state index in [0.29, 0.717) is 0 Å². The average Bonchev–Trinajstić information content (AvgIpc) is 3.65. The first kappa shape index (κ1) is 25.4. The molecule has 4 heteroatoms. The molecule has 0 saturated heterocycles. The molecular weight excluding hydrogens is 550 g/mol. The lowest BCUT2D eigenvalue weighted by Gasteiger charge is -2.25. The number of rotatable bonds is 5. The zero-order chi connectivity index (χ0) is 29.7. The molecule has 0 fully saturated rings. The van der Waals surface area contributed by atoms with E-state index >= 15 is 0 Å². The van der Waals surface area contributed by atoms with Crippen LogP contribution in [0.2, 0.25) is 0 Å². The topological polar surface area (TPSA) is 34.2 Å². The van der Waals surface area contributed by atoms with Gasteiger partial charge in [-0.2, -0.15) is 0 Å². The van der Waals surface area contributed by atoms with Gasteiger partial charge in [0, 0.05) is 33.2 Å². The van der Waals surface area contributed by atoms with Crippen LogP contribution in [-0.4, -0.2) is 9.55 Å². The van der Waals surface area contributed by atoms with Crippen molar-refractivity contribution in [2.45, 2.75) is 0 Å².